The van der Waals surface area contributed by atoms with Crippen LogP contribution in [0.25, 0.3) is 0 Å². The highest BCUT2D eigenvalue weighted by Gasteiger charge is 2.21. The van der Waals surface area contributed by atoms with Crippen molar-refractivity contribution in [3.63, 3.8) is 0 Å². The molecule has 0 saturated carbocycles. The molecule has 0 aromatic rings. The lowest BCUT2D eigenvalue weighted by molar-refractivity contribution is 0.511. The van der Waals surface area contributed by atoms with Crippen molar-refractivity contribution in [2.75, 3.05) is 0 Å². The summed E-state index contributed by atoms with van der Waals surface area (Å²) in [5.41, 5.74) is 12.5. The Balaban J connectivity index is 3.06. The largest absolute Gasteiger partial charge is 0.398 e. The molecule has 0 spiro atoms. The fraction of sp³-hybridized carbons (Fsp3) is 0.600. The molecule has 0 amide bonds. The van der Waals surface area contributed by atoms with E-state index in [4.69, 9.17) is 5.73 Å². The third-order valence-electron chi connectivity index (χ3n) is 3.58. The molecule has 0 aromatic carbocycles. The van der Waals surface area contributed by atoms with Crippen LogP contribution in [-0.4, -0.2) is 0 Å². The minimum absolute atomic E-state index is 0.0990. The predicted molar refractivity (Wildman–Crippen MR) is 72.0 cm³/mol. The summed E-state index contributed by atoms with van der Waals surface area (Å²) < 4.78 is 0. The number of nitrogens with two attached hydrogens (primary N) is 1. The highest BCUT2D eigenvalue weighted by atomic mass is 14.6. The molecule has 2 N–H and O–H groups in total. The molecule has 0 radical (unpaired) electrons. The fourth-order valence-electron chi connectivity index (χ4n) is 2.21. The Morgan fingerprint density at radius 2 is 1.81 bits per heavy atom. The Morgan fingerprint density at radius 1 is 1.25 bits per heavy atom. The molecule has 1 aliphatic rings. The van der Waals surface area contributed by atoms with E-state index in [1.54, 1.807) is 0 Å². The van der Waals surface area contributed by atoms with Gasteiger partial charge in [-0.05, 0) is 55.2 Å². The third-order valence-corrected chi connectivity index (χ3v) is 3.58. The summed E-state index contributed by atoms with van der Waals surface area (Å²) in [4.78, 5) is 0. The first-order chi connectivity index (χ1) is 7.25. The molecule has 0 aromatic heterocycles. The molecule has 1 heteroatoms. The molecule has 0 atom stereocenters. The minimum atomic E-state index is 0.0990. The second-order valence-electron chi connectivity index (χ2n) is 5.88. The Kier molecular flexibility index (Phi) is 3.67. The lowest BCUT2D eigenvalue weighted by atomic mass is 9.82. The maximum absolute atomic E-state index is 6.27. The van der Waals surface area contributed by atoms with Crippen molar-refractivity contribution in [1.82, 2.24) is 0 Å². The van der Waals surface area contributed by atoms with E-state index in [0.29, 0.717) is 0 Å². The molecule has 0 aliphatic heterocycles. The molecule has 1 nitrogen and oxygen atoms in total. The van der Waals surface area contributed by atoms with Crippen LogP contribution in [-0.2, 0) is 0 Å². The molecular formula is C15H25N. The summed E-state index contributed by atoms with van der Waals surface area (Å²) in [7, 11) is 0. The fourth-order valence-corrected chi connectivity index (χ4v) is 2.21. The number of hydrogen-bond donors (Lipinski definition) is 1. The average Bonchev–Trinajstić information content (AvgIpc) is 2.59. The first-order valence-electron chi connectivity index (χ1n) is 6.10. The van der Waals surface area contributed by atoms with Crippen molar-refractivity contribution < 1.29 is 0 Å². The number of allylic oxidation sites excluding steroid dienone is 4. The second-order valence-corrected chi connectivity index (χ2v) is 5.88. The summed E-state index contributed by atoms with van der Waals surface area (Å²) in [5.74, 6) is 0. The molecule has 0 fully saturated rings. The minimum Gasteiger partial charge on any atom is -0.398 e. The van der Waals surface area contributed by atoms with Crippen LogP contribution in [0.2, 0.25) is 0 Å². The van der Waals surface area contributed by atoms with Gasteiger partial charge in [0.2, 0.25) is 0 Å². The number of rotatable bonds is 2. The summed E-state index contributed by atoms with van der Waals surface area (Å²) in [5, 5.41) is 0. The normalized spacial score (nSPS) is 18.8. The highest BCUT2D eigenvalue weighted by Crippen LogP contribution is 2.35. The van der Waals surface area contributed by atoms with Gasteiger partial charge in [0, 0.05) is 5.70 Å². The van der Waals surface area contributed by atoms with E-state index in [1.165, 1.54) is 29.6 Å². The van der Waals surface area contributed by atoms with E-state index < -0.39 is 0 Å². The molecule has 0 saturated heterocycles. The molecule has 16 heavy (non-hydrogen) atoms. The average molecular weight is 219 g/mol. The van der Waals surface area contributed by atoms with Gasteiger partial charge in [-0.15, -0.1) is 0 Å². The molecule has 0 bridgehead atoms. The van der Waals surface area contributed by atoms with Gasteiger partial charge in [0.15, 0.2) is 0 Å². The van der Waals surface area contributed by atoms with E-state index in [9.17, 15) is 0 Å². The Bertz CT molecular complexity index is 361. The van der Waals surface area contributed by atoms with Gasteiger partial charge in [-0.25, -0.2) is 0 Å². The summed E-state index contributed by atoms with van der Waals surface area (Å²) in [6.45, 7) is 15.0. The first-order valence-corrected chi connectivity index (χ1v) is 6.10. The van der Waals surface area contributed by atoms with Crippen LogP contribution in [0.3, 0.4) is 0 Å². The van der Waals surface area contributed by atoms with E-state index in [-0.39, 0.29) is 5.41 Å². The Labute approximate surface area is 100 Å². The van der Waals surface area contributed by atoms with E-state index in [2.05, 4.69) is 41.2 Å². The highest BCUT2D eigenvalue weighted by molar-refractivity contribution is 5.45. The van der Waals surface area contributed by atoms with E-state index in [1.807, 2.05) is 0 Å². The molecule has 1 aliphatic carbocycles. The van der Waals surface area contributed by atoms with Crippen LogP contribution in [0, 0.1) is 5.41 Å². The topological polar surface area (TPSA) is 26.0 Å². The zero-order valence-electron chi connectivity index (χ0n) is 11.4. The zero-order chi connectivity index (χ0) is 12.5. The van der Waals surface area contributed by atoms with Crippen molar-refractivity contribution in [1.29, 1.82) is 0 Å². The second kappa shape index (κ2) is 4.48. The SMILES string of the molecule is C=C(/C(C)=C(/N)C1=C(C)CCC1)C(C)(C)C. The van der Waals surface area contributed by atoms with Crippen molar-refractivity contribution in [3.05, 3.63) is 34.6 Å². The van der Waals surface area contributed by atoms with Crippen LogP contribution < -0.4 is 5.73 Å². The summed E-state index contributed by atoms with van der Waals surface area (Å²) >= 11 is 0. The van der Waals surface area contributed by atoms with Crippen LogP contribution >= 0.6 is 0 Å². The van der Waals surface area contributed by atoms with Crippen molar-refractivity contribution >= 4 is 0 Å². The Hall–Kier alpha value is -0.980. The van der Waals surface area contributed by atoms with Gasteiger partial charge in [-0.3, -0.25) is 0 Å². The van der Waals surface area contributed by atoms with Gasteiger partial charge < -0.3 is 5.73 Å². The van der Waals surface area contributed by atoms with Gasteiger partial charge in [0.25, 0.3) is 0 Å². The van der Waals surface area contributed by atoms with E-state index >= 15 is 0 Å². The quantitative estimate of drug-likeness (QED) is 0.688. The molecule has 0 unspecified atom stereocenters. The van der Waals surface area contributed by atoms with Gasteiger partial charge in [-0.2, -0.15) is 0 Å². The lowest BCUT2D eigenvalue weighted by Crippen LogP contribution is -2.14. The number of hydrogen-bond acceptors (Lipinski definition) is 1. The summed E-state index contributed by atoms with van der Waals surface area (Å²) in [6.07, 6.45) is 3.58. The summed E-state index contributed by atoms with van der Waals surface area (Å²) in [6, 6.07) is 0. The van der Waals surface area contributed by atoms with Crippen LogP contribution in [0.5, 0.6) is 0 Å². The standard InChI is InChI=1S/C15H25N/c1-10-8-7-9-13(10)14(16)11(2)12(3)15(4,5)6/h3,7-9,16H2,1-2,4-6H3/b14-11+. The smallest absolute Gasteiger partial charge is 0.0378 e. The van der Waals surface area contributed by atoms with Crippen LogP contribution in [0.1, 0.15) is 53.9 Å². The monoisotopic (exact) mass is 219 g/mol. The van der Waals surface area contributed by atoms with Crippen molar-refractivity contribution in [3.8, 4) is 0 Å². The predicted octanol–water partition coefficient (Wildman–Crippen LogP) is 4.32. The van der Waals surface area contributed by atoms with Gasteiger partial charge in [0.1, 0.15) is 0 Å². The van der Waals surface area contributed by atoms with Crippen molar-refractivity contribution in [2.45, 2.75) is 53.9 Å². The Morgan fingerprint density at radius 3 is 2.19 bits per heavy atom. The molecule has 0 heterocycles. The van der Waals surface area contributed by atoms with Crippen molar-refractivity contribution in [2.24, 2.45) is 11.1 Å². The molecule has 1 rings (SSSR count). The first kappa shape index (κ1) is 13.1. The van der Waals surface area contributed by atoms with Gasteiger partial charge >= 0.3 is 0 Å². The maximum atomic E-state index is 6.27. The maximum Gasteiger partial charge on any atom is 0.0378 e. The van der Waals surface area contributed by atoms with Gasteiger partial charge in [0.05, 0.1) is 0 Å². The molecular weight excluding hydrogens is 194 g/mol. The van der Waals surface area contributed by atoms with Crippen LogP contribution in [0.15, 0.2) is 34.6 Å². The van der Waals surface area contributed by atoms with Crippen LogP contribution in [0.4, 0.5) is 0 Å². The van der Waals surface area contributed by atoms with Gasteiger partial charge in [-0.1, -0.05) is 32.9 Å². The van der Waals surface area contributed by atoms with E-state index in [0.717, 1.165) is 17.7 Å². The third kappa shape index (κ3) is 2.58. The molecule has 90 valence electrons. The lowest BCUT2D eigenvalue weighted by Gasteiger charge is -2.24. The zero-order valence-corrected chi connectivity index (χ0v) is 11.4.